The van der Waals surface area contributed by atoms with Crippen LogP contribution < -0.4 is 4.74 Å². The predicted octanol–water partition coefficient (Wildman–Crippen LogP) is 2.97. The largest absolute Gasteiger partial charge is 0.496 e. The zero-order valence-electron chi connectivity index (χ0n) is 12.0. The summed E-state index contributed by atoms with van der Waals surface area (Å²) in [6.07, 6.45) is 3.41. The average molecular weight is 285 g/mol. The van der Waals surface area contributed by atoms with Crippen molar-refractivity contribution in [2.45, 2.75) is 19.3 Å². The van der Waals surface area contributed by atoms with Crippen molar-refractivity contribution in [2.75, 3.05) is 7.11 Å². The second kappa shape index (κ2) is 7.43. The molecule has 0 bridgehead atoms. The van der Waals surface area contributed by atoms with Crippen molar-refractivity contribution in [1.29, 1.82) is 0 Å². The van der Waals surface area contributed by atoms with Crippen LogP contribution in [0, 0.1) is 5.92 Å². The van der Waals surface area contributed by atoms with Gasteiger partial charge < -0.3 is 9.84 Å². The van der Waals surface area contributed by atoms with E-state index in [2.05, 4.69) is 4.98 Å². The highest BCUT2D eigenvalue weighted by atomic mass is 16.5. The van der Waals surface area contributed by atoms with E-state index in [9.17, 15) is 9.90 Å². The molecule has 0 radical (unpaired) electrons. The van der Waals surface area contributed by atoms with E-state index in [1.807, 2.05) is 42.5 Å². The van der Waals surface area contributed by atoms with Gasteiger partial charge in [0, 0.05) is 11.9 Å². The summed E-state index contributed by atoms with van der Waals surface area (Å²) < 4.78 is 5.28. The first kappa shape index (κ1) is 15.0. The lowest BCUT2D eigenvalue weighted by Crippen LogP contribution is -2.18. The Morgan fingerprint density at radius 1 is 1.24 bits per heavy atom. The van der Waals surface area contributed by atoms with Crippen molar-refractivity contribution >= 4 is 5.97 Å². The normalized spacial score (nSPS) is 11.9. The van der Waals surface area contributed by atoms with Crippen LogP contribution in [0.2, 0.25) is 0 Å². The Labute approximate surface area is 124 Å². The molecule has 1 N–H and O–H groups in total. The molecule has 1 aromatic heterocycles. The van der Waals surface area contributed by atoms with Crippen molar-refractivity contribution in [1.82, 2.24) is 4.98 Å². The van der Waals surface area contributed by atoms with Gasteiger partial charge in [-0.05, 0) is 43.0 Å². The van der Waals surface area contributed by atoms with E-state index < -0.39 is 11.9 Å². The van der Waals surface area contributed by atoms with E-state index in [1.165, 1.54) is 0 Å². The molecule has 0 saturated carbocycles. The standard InChI is InChI=1S/C17H19NO3/c1-21-16-8-3-2-6-13(16)12-14(17(19)20)9-10-15-7-4-5-11-18-15/h2-8,11,14H,9-10,12H2,1H3,(H,19,20). The molecule has 4 nitrogen and oxygen atoms in total. The number of aryl methyl sites for hydroxylation is 1. The Hall–Kier alpha value is -2.36. The molecule has 4 heteroatoms. The van der Waals surface area contributed by atoms with Gasteiger partial charge in [-0.25, -0.2) is 0 Å². The fourth-order valence-electron chi connectivity index (χ4n) is 2.32. The van der Waals surface area contributed by atoms with Gasteiger partial charge in [-0.3, -0.25) is 9.78 Å². The van der Waals surface area contributed by atoms with Gasteiger partial charge in [0.2, 0.25) is 0 Å². The Bertz CT molecular complexity index is 584. The molecule has 0 aliphatic rings. The van der Waals surface area contributed by atoms with Crippen molar-refractivity contribution in [2.24, 2.45) is 5.92 Å². The van der Waals surface area contributed by atoms with E-state index in [0.717, 1.165) is 17.0 Å². The lowest BCUT2D eigenvalue weighted by molar-refractivity contribution is -0.141. The number of carbonyl (C=O) groups is 1. The van der Waals surface area contributed by atoms with Crippen molar-refractivity contribution in [3.63, 3.8) is 0 Å². The summed E-state index contributed by atoms with van der Waals surface area (Å²) in [5.74, 6) is -0.485. The third kappa shape index (κ3) is 4.31. The Morgan fingerprint density at radius 3 is 2.67 bits per heavy atom. The van der Waals surface area contributed by atoms with Gasteiger partial charge in [-0.15, -0.1) is 0 Å². The highest BCUT2D eigenvalue weighted by molar-refractivity contribution is 5.70. The van der Waals surface area contributed by atoms with E-state index in [4.69, 9.17) is 4.74 Å². The third-order valence-corrected chi connectivity index (χ3v) is 3.48. The Balaban J connectivity index is 2.04. The molecule has 2 rings (SSSR count). The number of methoxy groups -OCH3 is 1. The summed E-state index contributed by atoms with van der Waals surface area (Å²) in [5.41, 5.74) is 1.84. The SMILES string of the molecule is COc1ccccc1CC(CCc1ccccn1)C(=O)O. The molecule has 1 aromatic carbocycles. The number of aromatic nitrogens is 1. The molecule has 2 aromatic rings. The van der Waals surface area contributed by atoms with Gasteiger partial charge in [0.15, 0.2) is 0 Å². The molecule has 21 heavy (non-hydrogen) atoms. The molecule has 0 amide bonds. The van der Waals surface area contributed by atoms with E-state index in [0.29, 0.717) is 19.3 Å². The van der Waals surface area contributed by atoms with E-state index in [-0.39, 0.29) is 0 Å². The summed E-state index contributed by atoms with van der Waals surface area (Å²) in [5, 5.41) is 9.41. The zero-order chi connectivity index (χ0) is 15.1. The molecule has 0 aliphatic heterocycles. The molecule has 0 fully saturated rings. The summed E-state index contributed by atoms with van der Waals surface area (Å²) in [6.45, 7) is 0. The van der Waals surface area contributed by atoms with Gasteiger partial charge in [-0.2, -0.15) is 0 Å². The first-order valence-corrected chi connectivity index (χ1v) is 6.95. The molecular formula is C17H19NO3. The molecule has 1 unspecified atom stereocenters. The Kier molecular flexibility index (Phi) is 5.32. The minimum absolute atomic E-state index is 0.441. The third-order valence-electron chi connectivity index (χ3n) is 3.48. The first-order chi connectivity index (χ1) is 10.2. The number of rotatable bonds is 7. The summed E-state index contributed by atoms with van der Waals surface area (Å²) >= 11 is 0. The van der Waals surface area contributed by atoms with Crippen LogP contribution in [-0.2, 0) is 17.6 Å². The molecule has 1 heterocycles. The fourth-order valence-corrected chi connectivity index (χ4v) is 2.32. The van der Waals surface area contributed by atoms with Crippen LogP contribution in [-0.4, -0.2) is 23.2 Å². The summed E-state index contributed by atoms with van der Waals surface area (Å²) in [6, 6.07) is 13.2. The van der Waals surface area contributed by atoms with Gasteiger partial charge in [-0.1, -0.05) is 24.3 Å². The van der Waals surface area contributed by atoms with Gasteiger partial charge in [0.1, 0.15) is 5.75 Å². The first-order valence-electron chi connectivity index (χ1n) is 6.95. The van der Waals surface area contributed by atoms with Crippen LogP contribution in [0.4, 0.5) is 0 Å². The summed E-state index contributed by atoms with van der Waals surface area (Å²) in [4.78, 5) is 15.7. The molecule has 1 atom stereocenters. The number of para-hydroxylation sites is 1. The number of nitrogens with zero attached hydrogens (tertiary/aromatic N) is 1. The van der Waals surface area contributed by atoms with Crippen LogP contribution in [0.5, 0.6) is 5.75 Å². The van der Waals surface area contributed by atoms with Crippen molar-refractivity contribution in [3.05, 3.63) is 59.9 Å². The highest BCUT2D eigenvalue weighted by Gasteiger charge is 2.19. The zero-order valence-corrected chi connectivity index (χ0v) is 12.0. The average Bonchev–Trinajstić information content (AvgIpc) is 2.52. The minimum Gasteiger partial charge on any atom is -0.496 e. The molecule has 0 saturated heterocycles. The quantitative estimate of drug-likeness (QED) is 0.849. The molecular weight excluding hydrogens is 266 g/mol. The lowest BCUT2D eigenvalue weighted by atomic mass is 9.93. The maximum Gasteiger partial charge on any atom is 0.306 e. The van der Waals surface area contributed by atoms with Crippen LogP contribution in [0.1, 0.15) is 17.7 Å². The number of hydrogen-bond donors (Lipinski definition) is 1. The number of ether oxygens (including phenoxy) is 1. The maximum atomic E-state index is 11.5. The second-order valence-corrected chi connectivity index (χ2v) is 4.91. The number of pyridine rings is 1. The van der Waals surface area contributed by atoms with E-state index in [1.54, 1.807) is 13.3 Å². The van der Waals surface area contributed by atoms with Crippen LogP contribution in [0.15, 0.2) is 48.7 Å². The number of carboxylic acids is 1. The lowest BCUT2D eigenvalue weighted by Gasteiger charge is -2.14. The molecule has 110 valence electrons. The molecule has 0 spiro atoms. The topological polar surface area (TPSA) is 59.4 Å². The summed E-state index contributed by atoms with van der Waals surface area (Å²) in [7, 11) is 1.60. The van der Waals surface area contributed by atoms with Gasteiger partial charge >= 0.3 is 5.97 Å². The van der Waals surface area contributed by atoms with Gasteiger partial charge in [0.25, 0.3) is 0 Å². The van der Waals surface area contributed by atoms with Crippen molar-refractivity contribution < 1.29 is 14.6 Å². The van der Waals surface area contributed by atoms with Crippen molar-refractivity contribution in [3.8, 4) is 5.75 Å². The monoisotopic (exact) mass is 285 g/mol. The number of benzene rings is 1. The second-order valence-electron chi connectivity index (χ2n) is 4.91. The van der Waals surface area contributed by atoms with Crippen LogP contribution in [0.25, 0.3) is 0 Å². The fraction of sp³-hybridized carbons (Fsp3) is 0.294. The smallest absolute Gasteiger partial charge is 0.306 e. The highest BCUT2D eigenvalue weighted by Crippen LogP contribution is 2.23. The number of hydrogen-bond acceptors (Lipinski definition) is 3. The minimum atomic E-state index is -0.781. The number of carboxylic acid groups (broad SMARTS) is 1. The van der Waals surface area contributed by atoms with Crippen LogP contribution >= 0.6 is 0 Å². The Morgan fingerprint density at radius 2 is 2.00 bits per heavy atom. The number of aliphatic carboxylic acids is 1. The van der Waals surface area contributed by atoms with Gasteiger partial charge in [0.05, 0.1) is 13.0 Å². The van der Waals surface area contributed by atoms with E-state index >= 15 is 0 Å². The van der Waals surface area contributed by atoms with Crippen LogP contribution in [0.3, 0.4) is 0 Å². The predicted molar refractivity (Wildman–Crippen MR) is 80.4 cm³/mol. The maximum absolute atomic E-state index is 11.5. The molecule has 0 aliphatic carbocycles.